The molecule has 0 aromatic heterocycles. The van der Waals surface area contributed by atoms with Gasteiger partial charge in [0.05, 0.1) is 18.8 Å². The monoisotopic (exact) mass is 653 g/mol. The first kappa shape index (κ1) is 35.5. The molecule has 0 spiro atoms. The van der Waals surface area contributed by atoms with Crippen LogP contribution in [0.3, 0.4) is 0 Å². The van der Waals surface area contributed by atoms with Crippen LogP contribution in [0, 0.1) is 0 Å². The number of hydrogen-bond donors (Lipinski definition) is 2. The van der Waals surface area contributed by atoms with Gasteiger partial charge in [-0.2, -0.15) is 0 Å². The standard InChI is InChI=1S/C34H43N3O10/c1-3-43-32(40)22-45-26-14-18-37(19-15-26)33(41)28(36-31(39)21-44-25-12-16-35-17-13-25)20-24-8-4-6-10-29(24)47-34(42)27-9-5-7-11-30(27)46-23(2)38/h4-11,25-26,28,35H,3,12-22H2,1-2H3,(H,36,39). The predicted octanol–water partition coefficient (Wildman–Crippen LogP) is 2.20. The molecule has 2 N–H and O–H groups in total. The number of carbonyl (C=O) groups excluding carboxylic acids is 5. The number of amides is 2. The minimum Gasteiger partial charge on any atom is -0.464 e. The summed E-state index contributed by atoms with van der Waals surface area (Å²) in [5.41, 5.74) is 0.568. The molecular weight excluding hydrogens is 610 g/mol. The first-order chi connectivity index (χ1) is 22.7. The van der Waals surface area contributed by atoms with Crippen molar-refractivity contribution in [3.05, 3.63) is 59.7 Å². The third-order valence-corrected chi connectivity index (χ3v) is 7.83. The number of likely N-dealkylation sites (tertiary alicyclic amines) is 1. The largest absolute Gasteiger partial charge is 0.464 e. The molecule has 2 aliphatic heterocycles. The summed E-state index contributed by atoms with van der Waals surface area (Å²) in [5, 5.41) is 6.10. The first-order valence-electron chi connectivity index (χ1n) is 16.0. The van der Waals surface area contributed by atoms with Crippen molar-refractivity contribution < 1.29 is 47.7 Å². The van der Waals surface area contributed by atoms with Gasteiger partial charge in [-0.05, 0) is 69.5 Å². The molecule has 0 bridgehead atoms. The smallest absolute Gasteiger partial charge is 0.347 e. The molecule has 1 atom stereocenters. The van der Waals surface area contributed by atoms with Crippen molar-refractivity contribution in [2.45, 2.75) is 64.2 Å². The lowest BCUT2D eigenvalue weighted by atomic mass is 10.0. The SMILES string of the molecule is CCOC(=O)COC1CCN(C(=O)C(Cc2ccccc2OC(=O)c2ccccc2OC(C)=O)NC(=O)COC2CCNCC2)CC1. The van der Waals surface area contributed by atoms with E-state index in [9.17, 15) is 24.0 Å². The number of nitrogens with one attached hydrogen (secondary N) is 2. The van der Waals surface area contributed by atoms with E-state index in [2.05, 4.69) is 10.6 Å². The van der Waals surface area contributed by atoms with E-state index < -0.39 is 29.9 Å². The summed E-state index contributed by atoms with van der Waals surface area (Å²) in [5.74, 6) is -2.24. The minimum atomic E-state index is -0.982. The Kier molecular flexibility index (Phi) is 13.7. The molecule has 13 nitrogen and oxygen atoms in total. The van der Waals surface area contributed by atoms with E-state index in [1.807, 2.05) is 0 Å². The second-order valence-electron chi connectivity index (χ2n) is 11.3. The lowest BCUT2D eigenvalue weighted by Gasteiger charge is -2.34. The Morgan fingerprint density at radius 3 is 2.19 bits per heavy atom. The van der Waals surface area contributed by atoms with Gasteiger partial charge in [0.15, 0.2) is 0 Å². The molecule has 0 radical (unpaired) electrons. The van der Waals surface area contributed by atoms with Crippen LogP contribution in [-0.4, -0.2) is 98.9 Å². The van der Waals surface area contributed by atoms with Gasteiger partial charge in [0, 0.05) is 26.4 Å². The van der Waals surface area contributed by atoms with Crippen LogP contribution in [0.2, 0.25) is 0 Å². The fourth-order valence-electron chi connectivity index (χ4n) is 5.47. The molecule has 2 aliphatic rings. The molecule has 2 heterocycles. The molecular formula is C34H43N3O10. The second-order valence-corrected chi connectivity index (χ2v) is 11.3. The zero-order valence-electron chi connectivity index (χ0n) is 26.9. The van der Waals surface area contributed by atoms with E-state index >= 15 is 0 Å². The first-order valence-corrected chi connectivity index (χ1v) is 16.0. The van der Waals surface area contributed by atoms with Crippen LogP contribution in [0.5, 0.6) is 11.5 Å². The van der Waals surface area contributed by atoms with Gasteiger partial charge in [-0.1, -0.05) is 30.3 Å². The van der Waals surface area contributed by atoms with Crippen LogP contribution < -0.4 is 20.1 Å². The summed E-state index contributed by atoms with van der Waals surface area (Å²) in [6.45, 7) is 5.26. The molecule has 1 unspecified atom stereocenters. The van der Waals surface area contributed by atoms with Crippen LogP contribution >= 0.6 is 0 Å². The van der Waals surface area contributed by atoms with Crippen LogP contribution in [0.15, 0.2) is 48.5 Å². The van der Waals surface area contributed by atoms with E-state index in [1.54, 1.807) is 48.2 Å². The van der Waals surface area contributed by atoms with Gasteiger partial charge in [-0.25, -0.2) is 9.59 Å². The number of carbonyl (C=O) groups is 5. The molecule has 2 saturated heterocycles. The van der Waals surface area contributed by atoms with E-state index in [0.29, 0.717) is 31.5 Å². The molecule has 47 heavy (non-hydrogen) atoms. The van der Waals surface area contributed by atoms with Crippen molar-refractivity contribution in [2.75, 3.05) is 46.0 Å². The number of ether oxygens (including phenoxy) is 5. The fraction of sp³-hybridized carbons (Fsp3) is 0.500. The van der Waals surface area contributed by atoms with Gasteiger partial charge < -0.3 is 39.2 Å². The predicted molar refractivity (Wildman–Crippen MR) is 169 cm³/mol. The second kappa shape index (κ2) is 18.1. The average molecular weight is 654 g/mol. The van der Waals surface area contributed by atoms with Gasteiger partial charge in [0.2, 0.25) is 11.8 Å². The van der Waals surface area contributed by atoms with Crippen molar-refractivity contribution in [1.29, 1.82) is 0 Å². The maximum atomic E-state index is 13.9. The van der Waals surface area contributed by atoms with E-state index in [0.717, 1.165) is 25.9 Å². The number of benzene rings is 2. The lowest BCUT2D eigenvalue weighted by molar-refractivity contribution is -0.152. The van der Waals surface area contributed by atoms with Gasteiger partial charge in [0.1, 0.15) is 36.3 Å². The number of para-hydroxylation sites is 2. The molecule has 2 aromatic rings. The van der Waals surface area contributed by atoms with Crippen LogP contribution in [-0.2, 0) is 39.8 Å². The third-order valence-electron chi connectivity index (χ3n) is 7.83. The van der Waals surface area contributed by atoms with Crippen molar-refractivity contribution >= 4 is 29.7 Å². The highest BCUT2D eigenvalue weighted by Crippen LogP contribution is 2.25. The summed E-state index contributed by atoms with van der Waals surface area (Å²) in [6, 6.07) is 12.0. The molecule has 0 aliphatic carbocycles. The zero-order valence-corrected chi connectivity index (χ0v) is 26.9. The molecule has 2 amide bonds. The topological polar surface area (TPSA) is 159 Å². The Morgan fingerprint density at radius 1 is 0.851 bits per heavy atom. The van der Waals surface area contributed by atoms with Crippen LogP contribution in [0.25, 0.3) is 0 Å². The Balaban J connectivity index is 1.46. The minimum absolute atomic E-state index is 0.0340. The van der Waals surface area contributed by atoms with Crippen LogP contribution in [0.1, 0.15) is 55.5 Å². The summed E-state index contributed by atoms with van der Waals surface area (Å²) in [6.07, 6.45) is 2.40. The average Bonchev–Trinajstić information content (AvgIpc) is 3.07. The highest BCUT2D eigenvalue weighted by molar-refractivity contribution is 5.95. The highest BCUT2D eigenvalue weighted by Gasteiger charge is 2.31. The van der Waals surface area contributed by atoms with Gasteiger partial charge in [-0.15, -0.1) is 0 Å². The molecule has 2 aromatic carbocycles. The molecule has 4 rings (SSSR count). The number of piperidine rings is 2. The Labute approximate surface area is 274 Å². The molecule has 13 heteroatoms. The van der Waals surface area contributed by atoms with Crippen molar-refractivity contribution in [3.63, 3.8) is 0 Å². The highest BCUT2D eigenvalue weighted by atomic mass is 16.6. The van der Waals surface area contributed by atoms with Crippen LogP contribution in [0.4, 0.5) is 0 Å². The number of esters is 3. The van der Waals surface area contributed by atoms with Crippen molar-refractivity contribution in [2.24, 2.45) is 0 Å². The molecule has 254 valence electrons. The number of rotatable bonds is 14. The van der Waals surface area contributed by atoms with Crippen molar-refractivity contribution in [3.8, 4) is 11.5 Å². The third kappa shape index (κ3) is 11.2. The zero-order chi connectivity index (χ0) is 33.6. The Bertz CT molecular complexity index is 1390. The lowest BCUT2D eigenvalue weighted by Crippen LogP contribution is -2.53. The van der Waals surface area contributed by atoms with E-state index in [1.165, 1.54) is 19.1 Å². The number of nitrogens with zero attached hydrogens (tertiary/aromatic N) is 1. The Morgan fingerprint density at radius 2 is 1.49 bits per heavy atom. The van der Waals surface area contributed by atoms with Crippen molar-refractivity contribution in [1.82, 2.24) is 15.5 Å². The maximum Gasteiger partial charge on any atom is 0.347 e. The summed E-state index contributed by atoms with van der Waals surface area (Å²) in [7, 11) is 0. The molecule has 0 saturated carbocycles. The number of hydrogen-bond acceptors (Lipinski definition) is 11. The normalized spacial score (nSPS) is 16.2. The van der Waals surface area contributed by atoms with Gasteiger partial charge in [0.25, 0.3) is 0 Å². The molecule has 2 fully saturated rings. The van der Waals surface area contributed by atoms with Gasteiger partial charge >= 0.3 is 17.9 Å². The summed E-state index contributed by atoms with van der Waals surface area (Å²) >= 11 is 0. The maximum absolute atomic E-state index is 13.9. The van der Waals surface area contributed by atoms with Gasteiger partial charge in [-0.3, -0.25) is 14.4 Å². The Hall–Kier alpha value is -4.33. The van der Waals surface area contributed by atoms with E-state index in [4.69, 9.17) is 23.7 Å². The van der Waals surface area contributed by atoms with E-state index in [-0.39, 0.29) is 61.4 Å². The fourth-order valence-corrected chi connectivity index (χ4v) is 5.47. The summed E-state index contributed by atoms with van der Waals surface area (Å²) < 4.78 is 27.3. The quantitative estimate of drug-likeness (QED) is 0.227. The summed E-state index contributed by atoms with van der Waals surface area (Å²) in [4.78, 5) is 65.1.